The van der Waals surface area contributed by atoms with Crippen molar-refractivity contribution < 1.29 is 9.53 Å². The normalized spacial score (nSPS) is 16.8. The van der Waals surface area contributed by atoms with Gasteiger partial charge in [0, 0.05) is 54.7 Å². The molecule has 0 spiro atoms. The molecule has 1 atom stereocenters. The second kappa shape index (κ2) is 9.32. The Morgan fingerprint density at radius 1 is 1.06 bits per heavy atom. The van der Waals surface area contributed by atoms with E-state index in [1.54, 1.807) is 6.20 Å². The molecule has 0 saturated carbocycles. The molecule has 3 heterocycles. The Labute approximate surface area is 187 Å². The lowest BCUT2D eigenvalue weighted by Gasteiger charge is -2.25. The molecule has 6 nitrogen and oxygen atoms in total. The zero-order valence-electron chi connectivity index (χ0n) is 17.9. The molecule has 5 rings (SSSR count). The lowest BCUT2D eigenvalue weighted by atomic mass is 9.97. The average molecular weight is 427 g/mol. The molecule has 6 heteroatoms. The van der Waals surface area contributed by atoms with Crippen LogP contribution in [0, 0.1) is 5.92 Å². The van der Waals surface area contributed by atoms with E-state index < -0.39 is 0 Å². The highest BCUT2D eigenvalue weighted by molar-refractivity contribution is 5.95. The van der Waals surface area contributed by atoms with Gasteiger partial charge in [-0.15, -0.1) is 0 Å². The highest BCUT2D eigenvalue weighted by atomic mass is 16.5. The van der Waals surface area contributed by atoms with Crippen LogP contribution in [0.15, 0.2) is 79.4 Å². The fourth-order valence-electron chi connectivity index (χ4n) is 4.39. The Morgan fingerprint density at radius 2 is 2.00 bits per heavy atom. The largest absolute Gasteiger partial charge is 0.379 e. The monoisotopic (exact) mass is 426 g/mol. The van der Waals surface area contributed by atoms with Crippen LogP contribution in [0.5, 0.6) is 0 Å². The minimum Gasteiger partial charge on any atom is -0.379 e. The van der Waals surface area contributed by atoms with Gasteiger partial charge in [0.15, 0.2) is 0 Å². The Kier molecular flexibility index (Phi) is 5.94. The van der Waals surface area contributed by atoms with E-state index in [0.717, 1.165) is 22.9 Å². The van der Waals surface area contributed by atoms with Crippen molar-refractivity contribution in [1.82, 2.24) is 19.7 Å². The third kappa shape index (κ3) is 4.55. The van der Waals surface area contributed by atoms with Crippen molar-refractivity contribution in [3.8, 4) is 0 Å². The predicted molar refractivity (Wildman–Crippen MR) is 123 cm³/mol. The number of carbonyl (C=O) groups excluding carboxylic acids is 1. The minimum atomic E-state index is 0.0611. The summed E-state index contributed by atoms with van der Waals surface area (Å²) in [7, 11) is 0. The van der Waals surface area contributed by atoms with Crippen LogP contribution in [-0.4, -0.2) is 51.9 Å². The molecule has 1 fully saturated rings. The summed E-state index contributed by atoms with van der Waals surface area (Å²) in [4.78, 5) is 19.7. The predicted octanol–water partition coefficient (Wildman–Crippen LogP) is 3.81. The molecule has 0 N–H and O–H groups in total. The average Bonchev–Trinajstić information content (AvgIpc) is 3.23. The first kappa shape index (κ1) is 20.4. The lowest BCUT2D eigenvalue weighted by molar-refractivity contribution is 0.0736. The SMILES string of the molecule is O=C(c1ccccc1Cn1cccn1)N1CCOC[C@H](Cc2ccc3ccncc3c2)C1. The number of benzene rings is 2. The summed E-state index contributed by atoms with van der Waals surface area (Å²) in [5, 5.41) is 6.61. The van der Waals surface area contributed by atoms with Gasteiger partial charge in [-0.05, 0) is 47.2 Å². The van der Waals surface area contributed by atoms with Gasteiger partial charge in [0.25, 0.3) is 5.91 Å². The van der Waals surface area contributed by atoms with Crippen LogP contribution in [0.2, 0.25) is 0 Å². The van der Waals surface area contributed by atoms with E-state index in [0.29, 0.717) is 32.8 Å². The Balaban J connectivity index is 1.33. The molecule has 32 heavy (non-hydrogen) atoms. The summed E-state index contributed by atoms with van der Waals surface area (Å²) in [6.45, 7) is 3.08. The highest BCUT2D eigenvalue weighted by Gasteiger charge is 2.25. The van der Waals surface area contributed by atoms with Crippen molar-refractivity contribution in [3.05, 3.63) is 96.1 Å². The van der Waals surface area contributed by atoms with Crippen molar-refractivity contribution in [2.45, 2.75) is 13.0 Å². The third-order valence-electron chi connectivity index (χ3n) is 5.99. The summed E-state index contributed by atoms with van der Waals surface area (Å²) in [5.41, 5.74) is 2.96. The van der Waals surface area contributed by atoms with Crippen LogP contribution in [0.1, 0.15) is 21.5 Å². The standard InChI is InChI=1S/C26H26N4O2/c31-26(25-5-2-1-4-23(25)18-30-11-3-9-28-30)29-12-13-32-19-21(17-29)14-20-6-7-22-8-10-27-16-24(22)15-20/h1-11,15-16,21H,12-14,17-19H2/t21-/m1/s1. The molecule has 2 aromatic heterocycles. The molecule has 0 unspecified atom stereocenters. The van der Waals surface area contributed by atoms with Gasteiger partial charge >= 0.3 is 0 Å². The van der Waals surface area contributed by atoms with Crippen molar-refractivity contribution in [2.24, 2.45) is 5.92 Å². The Bertz CT molecular complexity index is 1210. The number of rotatable bonds is 5. The molecule has 0 bridgehead atoms. The molecule has 1 saturated heterocycles. The molecule has 1 aliphatic rings. The molecule has 162 valence electrons. The van der Waals surface area contributed by atoms with Gasteiger partial charge in [0.05, 0.1) is 19.8 Å². The summed E-state index contributed by atoms with van der Waals surface area (Å²) >= 11 is 0. The van der Waals surface area contributed by atoms with Crippen LogP contribution in [0.4, 0.5) is 0 Å². The quantitative estimate of drug-likeness (QED) is 0.487. The number of pyridine rings is 1. The zero-order chi connectivity index (χ0) is 21.8. The zero-order valence-corrected chi connectivity index (χ0v) is 17.9. The maximum Gasteiger partial charge on any atom is 0.254 e. The number of hydrogen-bond donors (Lipinski definition) is 0. The maximum absolute atomic E-state index is 13.5. The number of amides is 1. The number of fused-ring (bicyclic) bond motifs is 1. The first-order chi connectivity index (χ1) is 15.8. The van der Waals surface area contributed by atoms with Gasteiger partial charge in [-0.1, -0.05) is 30.3 Å². The fourth-order valence-corrected chi connectivity index (χ4v) is 4.39. The summed E-state index contributed by atoms with van der Waals surface area (Å²) in [6.07, 6.45) is 8.24. The van der Waals surface area contributed by atoms with Crippen molar-refractivity contribution in [3.63, 3.8) is 0 Å². The highest BCUT2D eigenvalue weighted by Crippen LogP contribution is 2.21. The van der Waals surface area contributed by atoms with Gasteiger partial charge in [-0.2, -0.15) is 5.10 Å². The number of hydrogen-bond acceptors (Lipinski definition) is 4. The smallest absolute Gasteiger partial charge is 0.254 e. The number of aromatic nitrogens is 3. The van der Waals surface area contributed by atoms with E-state index in [2.05, 4.69) is 28.3 Å². The van der Waals surface area contributed by atoms with Crippen LogP contribution in [0.3, 0.4) is 0 Å². The van der Waals surface area contributed by atoms with Crippen LogP contribution in [0.25, 0.3) is 10.8 Å². The second-order valence-corrected chi connectivity index (χ2v) is 8.31. The second-order valence-electron chi connectivity index (χ2n) is 8.31. The van der Waals surface area contributed by atoms with Crippen LogP contribution >= 0.6 is 0 Å². The molecule has 0 radical (unpaired) electrons. The van der Waals surface area contributed by atoms with E-state index in [4.69, 9.17) is 4.74 Å². The third-order valence-corrected chi connectivity index (χ3v) is 5.99. The molecule has 1 aliphatic heterocycles. The van der Waals surface area contributed by atoms with Gasteiger partial charge in [0.1, 0.15) is 0 Å². The van der Waals surface area contributed by atoms with Gasteiger partial charge in [-0.25, -0.2) is 0 Å². The van der Waals surface area contributed by atoms with E-state index in [-0.39, 0.29) is 11.8 Å². The van der Waals surface area contributed by atoms with Crippen molar-refractivity contribution in [1.29, 1.82) is 0 Å². The maximum atomic E-state index is 13.5. The van der Waals surface area contributed by atoms with Gasteiger partial charge in [-0.3, -0.25) is 14.5 Å². The molecule has 1 amide bonds. The summed E-state index contributed by atoms with van der Waals surface area (Å²) < 4.78 is 7.72. The Morgan fingerprint density at radius 3 is 2.91 bits per heavy atom. The first-order valence-corrected chi connectivity index (χ1v) is 11.0. The number of carbonyl (C=O) groups is 1. The van der Waals surface area contributed by atoms with Crippen LogP contribution < -0.4 is 0 Å². The van der Waals surface area contributed by atoms with Crippen LogP contribution in [-0.2, 0) is 17.7 Å². The minimum absolute atomic E-state index is 0.0611. The van der Waals surface area contributed by atoms with E-state index >= 15 is 0 Å². The van der Waals surface area contributed by atoms with E-state index in [1.807, 2.05) is 64.6 Å². The Hall–Kier alpha value is -3.51. The number of nitrogens with zero attached hydrogens (tertiary/aromatic N) is 4. The summed E-state index contributed by atoms with van der Waals surface area (Å²) in [6, 6.07) is 18.2. The van der Waals surface area contributed by atoms with E-state index in [9.17, 15) is 4.79 Å². The lowest BCUT2D eigenvalue weighted by Crippen LogP contribution is -2.37. The van der Waals surface area contributed by atoms with Crippen molar-refractivity contribution in [2.75, 3.05) is 26.3 Å². The molecule has 2 aromatic carbocycles. The number of ether oxygens (including phenoxy) is 1. The van der Waals surface area contributed by atoms with Gasteiger partial charge in [0.2, 0.25) is 0 Å². The molecule has 0 aliphatic carbocycles. The fraction of sp³-hybridized carbons (Fsp3) is 0.269. The topological polar surface area (TPSA) is 60.2 Å². The van der Waals surface area contributed by atoms with Gasteiger partial charge < -0.3 is 9.64 Å². The first-order valence-electron chi connectivity index (χ1n) is 11.0. The molecular weight excluding hydrogens is 400 g/mol. The van der Waals surface area contributed by atoms with Crippen molar-refractivity contribution >= 4 is 16.7 Å². The van der Waals surface area contributed by atoms with E-state index in [1.165, 1.54) is 10.9 Å². The molecule has 4 aromatic rings. The summed E-state index contributed by atoms with van der Waals surface area (Å²) in [5.74, 6) is 0.305. The molecular formula is C26H26N4O2.